The lowest BCUT2D eigenvalue weighted by atomic mass is 9.78. The standard InChI is InChI=1S/C23H26F4N6O4/c1-36-22-16(7-12-8-33(31-28-12)23(11-24)5-2-6-23)37-17(10-34)21(35)20(22)32-9-15(29-30-32)13-3-4-14(25)19(27)18(13)26/h3-4,8-9,16-17,20-22,34-35H,2,5-7,10-11H2,1H3/t16-,17-,20+,21+,22+/m1/s1. The van der Waals surface area contributed by atoms with Gasteiger partial charge in [0.05, 0.1) is 30.1 Å². The molecule has 5 atom stereocenters. The second kappa shape index (κ2) is 10.1. The van der Waals surface area contributed by atoms with E-state index in [1.165, 1.54) is 22.7 Å². The first kappa shape index (κ1) is 25.7. The van der Waals surface area contributed by atoms with E-state index in [4.69, 9.17) is 9.47 Å². The molecule has 10 nitrogen and oxygen atoms in total. The first-order valence-electron chi connectivity index (χ1n) is 11.8. The summed E-state index contributed by atoms with van der Waals surface area (Å²) in [5.41, 5.74) is -0.591. The van der Waals surface area contributed by atoms with E-state index in [9.17, 15) is 27.8 Å². The van der Waals surface area contributed by atoms with Gasteiger partial charge in [0.2, 0.25) is 0 Å². The number of aromatic nitrogens is 6. The van der Waals surface area contributed by atoms with Crippen molar-refractivity contribution >= 4 is 0 Å². The van der Waals surface area contributed by atoms with Crippen LogP contribution in [-0.2, 0) is 21.4 Å². The molecule has 2 aliphatic rings. The molecule has 1 aliphatic heterocycles. The summed E-state index contributed by atoms with van der Waals surface area (Å²) < 4.78 is 69.4. The van der Waals surface area contributed by atoms with Crippen LogP contribution in [0.2, 0.25) is 0 Å². The number of hydrogen-bond acceptors (Lipinski definition) is 8. The van der Waals surface area contributed by atoms with Crippen molar-refractivity contribution in [2.45, 2.75) is 61.7 Å². The number of rotatable bonds is 8. The van der Waals surface area contributed by atoms with Crippen LogP contribution >= 0.6 is 0 Å². The molecule has 0 unspecified atom stereocenters. The van der Waals surface area contributed by atoms with Gasteiger partial charge in [-0.15, -0.1) is 10.2 Å². The normalized spacial score (nSPS) is 27.3. The Labute approximate surface area is 208 Å². The number of aliphatic hydroxyl groups excluding tert-OH is 2. The first-order valence-corrected chi connectivity index (χ1v) is 11.8. The summed E-state index contributed by atoms with van der Waals surface area (Å²) in [6.07, 6.45) is 1.41. The van der Waals surface area contributed by atoms with Gasteiger partial charge in [0.25, 0.3) is 0 Å². The van der Waals surface area contributed by atoms with E-state index in [-0.39, 0.29) is 17.7 Å². The average molecular weight is 526 g/mol. The van der Waals surface area contributed by atoms with Crippen molar-refractivity contribution in [3.63, 3.8) is 0 Å². The Hall–Kier alpha value is -2.94. The number of hydrogen-bond donors (Lipinski definition) is 2. The third-order valence-electron chi connectivity index (χ3n) is 7.33. The zero-order valence-electron chi connectivity index (χ0n) is 19.8. The van der Waals surface area contributed by atoms with Crippen molar-refractivity contribution in [2.75, 3.05) is 20.4 Å². The molecule has 37 heavy (non-hydrogen) atoms. The third-order valence-corrected chi connectivity index (χ3v) is 7.33. The van der Waals surface area contributed by atoms with Crippen LogP contribution in [0, 0.1) is 17.5 Å². The molecular formula is C23H26F4N6O4. The van der Waals surface area contributed by atoms with Crippen LogP contribution in [0.1, 0.15) is 31.0 Å². The molecule has 1 saturated carbocycles. The number of methoxy groups -OCH3 is 1. The minimum absolute atomic E-state index is 0.0954. The third kappa shape index (κ3) is 4.41. The van der Waals surface area contributed by atoms with Gasteiger partial charge in [-0.05, 0) is 31.4 Å². The van der Waals surface area contributed by atoms with Crippen molar-refractivity contribution in [1.82, 2.24) is 30.0 Å². The van der Waals surface area contributed by atoms with Crippen LogP contribution < -0.4 is 0 Å². The summed E-state index contributed by atoms with van der Waals surface area (Å²) in [5, 5.41) is 36.9. The van der Waals surface area contributed by atoms with E-state index in [1.807, 2.05) is 0 Å². The topological polar surface area (TPSA) is 120 Å². The van der Waals surface area contributed by atoms with Gasteiger partial charge in [-0.2, -0.15) is 0 Å². The molecule has 2 fully saturated rings. The molecule has 3 heterocycles. The lowest BCUT2D eigenvalue weighted by molar-refractivity contribution is -0.212. The number of aliphatic hydroxyl groups is 2. The lowest BCUT2D eigenvalue weighted by Gasteiger charge is -2.43. The molecule has 1 aromatic carbocycles. The average Bonchev–Trinajstić information content (AvgIpc) is 3.53. The largest absolute Gasteiger partial charge is 0.394 e. The molecule has 1 saturated heterocycles. The monoisotopic (exact) mass is 526 g/mol. The second-order valence-electron chi connectivity index (χ2n) is 9.45. The summed E-state index contributed by atoms with van der Waals surface area (Å²) in [4.78, 5) is 0. The van der Waals surface area contributed by atoms with Gasteiger partial charge in [-0.3, -0.25) is 0 Å². The van der Waals surface area contributed by atoms with E-state index >= 15 is 0 Å². The van der Waals surface area contributed by atoms with Gasteiger partial charge in [0.15, 0.2) is 17.5 Å². The van der Waals surface area contributed by atoms with Crippen LogP contribution in [0.25, 0.3) is 11.3 Å². The summed E-state index contributed by atoms with van der Waals surface area (Å²) in [7, 11) is 1.40. The molecule has 0 amide bonds. The minimum atomic E-state index is -1.64. The van der Waals surface area contributed by atoms with Crippen molar-refractivity contribution in [3.05, 3.63) is 47.7 Å². The second-order valence-corrected chi connectivity index (χ2v) is 9.45. The van der Waals surface area contributed by atoms with Crippen LogP contribution in [0.4, 0.5) is 17.6 Å². The number of alkyl halides is 1. The van der Waals surface area contributed by atoms with E-state index in [0.717, 1.165) is 18.6 Å². The Balaban J connectivity index is 1.43. The number of ether oxygens (including phenoxy) is 2. The quantitative estimate of drug-likeness (QED) is 0.336. The van der Waals surface area contributed by atoms with E-state index in [2.05, 4.69) is 20.6 Å². The Kier molecular flexibility index (Phi) is 7.00. The van der Waals surface area contributed by atoms with Gasteiger partial charge in [0.1, 0.15) is 36.7 Å². The first-order chi connectivity index (χ1) is 17.8. The van der Waals surface area contributed by atoms with Crippen LogP contribution in [0.15, 0.2) is 24.5 Å². The molecule has 14 heteroatoms. The Morgan fingerprint density at radius 2 is 1.89 bits per heavy atom. The van der Waals surface area contributed by atoms with Gasteiger partial charge < -0.3 is 19.7 Å². The molecule has 5 rings (SSSR count). The summed E-state index contributed by atoms with van der Waals surface area (Å²) in [6.45, 7) is -1.08. The highest BCUT2D eigenvalue weighted by Crippen LogP contribution is 2.39. The number of benzene rings is 1. The van der Waals surface area contributed by atoms with Crippen LogP contribution in [-0.4, -0.2) is 85.0 Å². The van der Waals surface area contributed by atoms with Crippen molar-refractivity contribution in [2.24, 2.45) is 0 Å². The molecule has 2 N–H and O–H groups in total. The molecule has 0 radical (unpaired) electrons. The predicted octanol–water partition coefficient (Wildman–Crippen LogP) is 1.72. The van der Waals surface area contributed by atoms with E-state index in [1.54, 1.807) is 6.20 Å². The summed E-state index contributed by atoms with van der Waals surface area (Å²) in [6, 6.07) is 0.857. The maximum Gasteiger partial charge on any atom is 0.195 e. The van der Waals surface area contributed by atoms with Crippen LogP contribution in [0.3, 0.4) is 0 Å². The molecular weight excluding hydrogens is 500 g/mol. The molecule has 200 valence electrons. The predicted molar refractivity (Wildman–Crippen MR) is 118 cm³/mol. The van der Waals surface area contributed by atoms with Gasteiger partial charge in [0, 0.05) is 25.3 Å². The molecule has 0 spiro atoms. The fourth-order valence-corrected chi connectivity index (χ4v) is 5.04. The van der Waals surface area contributed by atoms with Crippen molar-refractivity contribution < 1.29 is 37.2 Å². The highest BCUT2D eigenvalue weighted by molar-refractivity contribution is 5.58. The van der Waals surface area contributed by atoms with Gasteiger partial charge in [-0.1, -0.05) is 10.4 Å². The van der Waals surface area contributed by atoms with Crippen LogP contribution in [0.5, 0.6) is 0 Å². The molecule has 1 aliphatic carbocycles. The smallest absolute Gasteiger partial charge is 0.195 e. The highest BCUT2D eigenvalue weighted by atomic mass is 19.2. The number of nitrogens with zero attached hydrogens (tertiary/aromatic N) is 6. The molecule has 3 aromatic rings. The lowest BCUT2D eigenvalue weighted by Crippen LogP contribution is -2.57. The zero-order valence-corrected chi connectivity index (χ0v) is 19.8. The maximum atomic E-state index is 14.3. The van der Waals surface area contributed by atoms with Gasteiger partial charge in [-0.25, -0.2) is 26.9 Å². The Morgan fingerprint density at radius 1 is 1.11 bits per heavy atom. The highest BCUT2D eigenvalue weighted by Gasteiger charge is 2.47. The zero-order chi connectivity index (χ0) is 26.3. The minimum Gasteiger partial charge on any atom is -0.394 e. The molecule has 2 aromatic heterocycles. The SMILES string of the molecule is CO[C@@H]1[C@@H](n2cc(-c3ccc(F)c(F)c3F)nn2)[C@@H](O)[C@@H](CO)O[C@@H]1Cc1cn(C2(CF)CCC2)nn1. The Morgan fingerprint density at radius 3 is 2.54 bits per heavy atom. The summed E-state index contributed by atoms with van der Waals surface area (Å²) in [5.74, 6) is -4.40. The Bertz CT molecular complexity index is 1250. The summed E-state index contributed by atoms with van der Waals surface area (Å²) >= 11 is 0. The fraction of sp³-hybridized carbons (Fsp3) is 0.565. The number of halogens is 4. The maximum absolute atomic E-state index is 14.3. The van der Waals surface area contributed by atoms with E-state index < -0.39 is 66.7 Å². The van der Waals surface area contributed by atoms with E-state index in [0.29, 0.717) is 18.5 Å². The van der Waals surface area contributed by atoms with Crippen molar-refractivity contribution in [3.8, 4) is 11.3 Å². The molecule has 0 bridgehead atoms. The van der Waals surface area contributed by atoms with Gasteiger partial charge >= 0.3 is 0 Å². The van der Waals surface area contributed by atoms with Crippen molar-refractivity contribution in [1.29, 1.82) is 0 Å². The fourth-order valence-electron chi connectivity index (χ4n) is 5.04.